The highest BCUT2D eigenvalue weighted by molar-refractivity contribution is 7.99. The lowest BCUT2D eigenvalue weighted by atomic mass is 10.2. The zero-order chi connectivity index (χ0) is 13.5. The van der Waals surface area contributed by atoms with Crippen LogP contribution in [0, 0.1) is 0 Å². The fraction of sp³-hybridized carbons (Fsp3) is 1.00. The van der Waals surface area contributed by atoms with E-state index in [1.165, 1.54) is 12.3 Å². The van der Waals surface area contributed by atoms with E-state index < -0.39 is 8.32 Å². The van der Waals surface area contributed by atoms with Crippen LogP contribution in [0.2, 0.25) is 19.6 Å². The SMILES string of the molecule is CC(C)N(CCSCCO[Si](C)(C)C)C(C)C. The molecule has 0 N–H and O–H groups in total. The first-order chi connectivity index (χ1) is 7.74. The summed E-state index contributed by atoms with van der Waals surface area (Å²) in [4.78, 5) is 2.55. The van der Waals surface area contributed by atoms with Crippen molar-refractivity contribution in [2.45, 2.75) is 59.4 Å². The van der Waals surface area contributed by atoms with Crippen LogP contribution < -0.4 is 0 Å². The largest absolute Gasteiger partial charge is 0.417 e. The van der Waals surface area contributed by atoms with Crippen LogP contribution in [0.4, 0.5) is 0 Å². The normalized spacial score (nSPS) is 13.1. The second-order valence-electron chi connectivity index (χ2n) is 6.00. The molecule has 0 spiro atoms. The molecular formula is C13H31NOSSi. The molecule has 0 aromatic rings. The van der Waals surface area contributed by atoms with E-state index in [0.29, 0.717) is 12.1 Å². The van der Waals surface area contributed by atoms with Gasteiger partial charge in [0.15, 0.2) is 8.32 Å². The minimum atomic E-state index is -1.30. The van der Waals surface area contributed by atoms with E-state index in [0.717, 1.165) is 12.4 Å². The Hall–Kier alpha value is 0.487. The molecule has 0 saturated heterocycles. The van der Waals surface area contributed by atoms with Crippen molar-refractivity contribution in [2.75, 3.05) is 24.7 Å². The topological polar surface area (TPSA) is 12.5 Å². The third-order valence-electron chi connectivity index (χ3n) is 2.58. The van der Waals surface area contributed by atoms with Gasteiger partial charge >= 0.3 is 0 Å². The average Bonchev–Trinajstić information content (AvgIpc) is 2.13. The number of nitrogens with zero attached hydrogens (tertiary/aromatic N) is 1. The lowest BCUT2D eigenvalue weighted by molar-refractivity contribution is 0.187. The first-order valence-electron chi connectivity index (χ1n) is 6.71. The fourth-order valence-electron chi connectivity index (χ4n) is 1.79. The summed E-state index contributed by atoms with van der Waals surface area (Å²) in [6.45, 7) is 18.0. The van der Waals surface area contributed by atoms with Gasteiger partial charge in [0.05, 0.1) is 0 Å². The second kappa shape index (κ2) is 8.56. The summed E-state index contributed by atoms with van der Waals surface area (Å²) in [6, 6.07) is 1.29. The van der Waals surface area contributed by atoms with Gasteiger partial charge in [0.1, 0.15) is 0 Å². The Bertz CT molecular complexity index is 184. The Kier molecular flexibility index (Phi) is 8.81. The van der Waals surface area contributed by atoms with Crippen LogP contribution in [-0.4, -0.2) is 50.0 Å². The van der Waals surface area contributed by atoms with Crippen LogP contribution in [0.3, 0.4) is 0 Å². The molecule has 0 atom stereocenters. The molecule has 0 amide bonds. The van der Waals surface area contributed by atoms with Crippen LogP contribution in [-0.2, 0) is 4.43 Å². The van der Waals surface area contributed by atoms with Crippen molar-refractivity contribution < 1.29 is 4.43 Å². The van der Waals surface area contributed by atoms with Crippen molar-refractivity contribution in [3.63, 3.8) is 0 Å². The Morgan fingerprint density at radius 1 is 1.00 bits per heavy atom. The van der Waals surface area contributed by atoms with Gasteiger partial charge in [-0.15, -0.1) is 0 Å². The Labute approximate surface area is 114 Å². The van der Waals surface area contributed by atoms with Crippen LogP contribution in [0.25, 0.3) is 0 Å². The quantitative estimate of drug-likeness (QED) is 0.471. The summed E-state index contributed by atoms with van der Waals surface area (Å²) in [5.41, 5.74) is 0. The highest BCUT2D eigenvalue weighted by Gasteiger charge is 2.14. The Morgan fingerprint density at radius 3 is 1.94 bits per heavy atom. The summed E-state index contributed by atoms with van der Waals surface area (Å²) in [7, 11) is -1.30. The molecule has 2 nitrogen and oxygen atoms in total. The zero-order valence-electron chi connectivity index (χ0n) is 12.7. The van der Waals surface area contributed by atoms with Gasteiger partial charge in [-0.2, -0.15) is 11.8 Å². The summed E-state index contributed by atoms with van der Waals surface area (Å²) in [5.74, 6) is 2.35. The molecule has 0 rings (SSSR count). The van der Waals surface area contributed by atoms with E-state index in [1.54, 1.807) is 0 Å². The Balaban J connectivity index is 3.56. The van der Waals surface area contributed by atoms with Crippen molar-refractivity contribution in [3.05, 3.63) is 0 Å². The molecule has 0 aliphatic carbocycles. The van der Waals surface area contributed by atoms with Gasteiger partial charge < -0.3 is 4.43 Å². The summed E-state index contributed by atoms with van der Waals surface area (Å²) in [6.07, 6.45) is 0. The highest BCUT2D eigenvalue weighted by atomic mass is 32.2. The molecule has 0 aliphatic heterocycles. The predicted octanol–water partition coefficient (Wildman–Crippen LogP) is 3.69. The number of hydrogen-bond donors (Lipinski definition) is 0. The van der Waals surface area contributed by atoms with Crippen LogP contribution >= 0.6 is 11.8 Å². The molecule has 4 heteroatoms. The van der Waals surface area contributed by atoms with Crippen molar-refractivity contribution in [1.82, 2.24) is 4.90 Å². The molecule has 0 radical (unpaired) electrons. The highest BCUT2D eigenvalue weighted by Crippen LogP contribution is 2.09. The maximum atomic E-state index is 5.84. The first kappa shape index (κ1) is 17.5. The number of thioether (sulfide) groups is 1. The third-order valence-corrected chi connectivity index (χ3v) is 4.58. The molecule has 0 aliphatic rings. The molecule has 0 saturated carbocycles. The monoisotopic (exact) mass is 277 g/mol. The zero-order valence-corrected chi connectivity index (χ0v) is 14.6. The van der Waals surface area contributed by atoms with E-state index in [2.05, 4.69) is 52.2 Å². The van der Waals surface area contributed by atoms with Gasteiger partial charge in [-0.25, -0.2) is 0 Å². The molecule has 0 aromatic heterocycles. The minimum Gasteiger partial charge on any atom is -0.417 e. The molecule has 104 valence electrons. The van der Waals surface area contributed by atoms with Crippen molar-refractivity contribution >= 4 is 20.1 Å². The smallest absolute Gasteiger partial charge is 0.183 e. The van der Waals surface area contributed by atoms with Gasteiger partial charge in [-0.3, -0.25) is 4.90 Å². The number of rotatable bonds is 9. The van der Waals surface area contributed by atoms with E-state index in [9.17, 15) is 0 Å². The van der Waals surface area contributed by atoms with Crippen molar-refractivity contribution in [3.8, 4) is 0 Å². The summed E-state index contributed by atoms with van der Waals surface area (Å²) < 4.78 is 5.84. The third kappa shape index (κ3) is 10.1. The van der Waals surface area contributed by atoms with Crippen LogP contribution in [0.15, 0.2) is 0 Å². The van der Waals surface area contributed by atoms with Crippen LogP contribution in [0.1, 0.15) is 27.7 Å². The predicted molar refractivity (Wildman–Crippen MR) is 83.6 cm³/mol. The minimum absolute atomic E-state index is 0.647. The number of hydrogen-bond acceptors (Lipinski definition) is 3. The molecule has 0 fully saturated rings. The lowest BCUT2D eigenvalue weighted by Crippen LogP contribution is -2.38. The molecule has 0 unspecified atom stereocenters. The van der Waals surface area contributed by atoms with Crippen molar-refractivity contribution in [1.29, 1.82) is 0 Å². The lowest BCUT2D eigenvalue weighted by Gasteiger charge is -2.30. The summed E-state index contributed by atoms with van der Waals surface area (Å²) >= 11 is 2.01. The van der Waals surface area contributed by atoms with Crippen molar-refractivity contribution in [2.24, 2.45) is 0 Å². The standard InChI is InChI=1S/C13H31NOSSi/c1-12(2)14(13(3)4)8-10-16-11-9-15-17(5,6)7/h12-13H,8-11H2,1-7H3. The van der Waals surface area contributed by atoms with E-state index in [-0.39, 0.29) is 0 Å². The van der Waals surface area contributed by atoms with E-state index in [4.69, 9.17) is 4.43 Å². The van der Waals surface area contributed by atoms with E-state index >= 15 is 0 Å². The van der Waals surface area contributed by atoms with Gasteiger partial charge in [0.25, 0.3) is 0 Å². The molecule has 0 heterocycles. The van der Waals surface area contributed by atoms with E-state index in [1.807, 2.05) is 11.8 Å². The molecular weight excluding hydrogens is 246 g/mol. The van der Waals surface area contributed by atoms with Gasteiger partial charge in [0, 0.05) is 36.7 Å². The average molecular weight is 278 g/mol. The summed E-state index contributed by atoms with van der Waals surface area (Å²) in [5, 5.41) is 0. The maximum Gasteiger partial charge on any atom is 0.183 e. The van der Waals surface area contributed by atoms with Gasteiger partial charge in [0.2, 0.25) is 0 Å². The van der Waals surface area contributed by atoms with Crippen LogP contribution in [0.5, 0.6) is 0 Å². The maximum absolute atomic E-state index is 5.84. The van der Waals surface area contributed by atoms with Gasteiger partial charge in [-0.1, -0.05) is 0 Å². The first-order valence-corrected chi connectivity index (χ1v) is 11.3. The molecule has 17 heavy (non-hydrogen) atoms. The molecule has 0 bridgehead atoms. The van der Waals surface area contributed by atoms with Gasteiger partial charge in [-0.05, 0) is 47.3 Å². The fourth-order valence-corrected chi connectivity index (χ4v) is 3.40. The Morgan fingerprint density at radius 2 is 1.53 bits per heavy atom. The second-order valence-corrected chi connectivity index (χ2v) is 11.7. The molecule has 0 aromatic carbocycles.